The Bertz CT molecular complexity index is 999. The number of nitrogens with zero attached hydrogens (tertiary/aromatic N) is 1. The Hall–Kier alpha value is -1.61. The maximum atomic E-state index is 13.1. The number of aryl methyl sites for hydroxylation is 1. The molecule has 1 heterocycles. The molecule has 0 saturated carbocycles. The SMILES string of the molecule is CCCc1ccc(S(=O)(=O)N2CCC(O)(c3ccc(Cl)c(C(F)(F)F)c3)CC2)cc1. The van der Waals surface area contributed by atoms with Crippen molar-refractivity contribution in [1.29, 1.82) is 0 Å². The number of sulfonamides is 1. The Kier molecular flexibility index (Phi) is 6.53. The molecule has 1 aliphatic heterocycles. The number of halogens is 4. The van der Waals surface area contributed by atoms with Crippen molar-refractivity contribution in [1.82, 2.24) is 4.31 Å². The van der Waals surface area contributed by atoms with Crippen molar-refractivity contribution < 1.29 is 26.7 Å². The average Bonchev–Trinajstić information content (AvgIpc) is 2.68. The zero-order valence-corrected chi connectivity index (χ0v) is 18.0. The molecule has 1 fully saturated rings. The van der Waals surface area contributed by atoms with Gasteiger partial charge in [-0.2, -0.15) is 17.5 Å². The predicted octanol–water partition coefficient (Wildman–Crippen LogP) is 4.98. The van der Waals surface area contributed by atoms with Crippen LogP contribution in [0.25, 0.3) is 0 Å². The van der Waals surface area contributed by atoms with Gasteiger partial charge < -0.3 is 5.11 Å². The first-order valence-electron chi connectivity index (χ1n) is 9.66. The second-order valence-corrected chi connectivity index (χ2v) is 9.87. The Labute approximate surface area is 179 Å². The van der Waals surface area contributed by atoms with E-state index in [-0.39, 0.29) is 36.4 Å². The van der Waals surface area contributed by atoms with Gasteiger partial charge in [0.2, 0.25) is 10.0 Å². The van der Waals surface area contributed by atoms with Gasteiger partial charge in [0, 0.05) is 13.1 Å². The lowest BCUT2D eigenvalue weighted by molar-refractivity contribution is -0.137. The molecular weight excluding hydrogens is 439 g/mol. The number of hydrogen-bond donors (Lipinski definition) is 1. The summed E-state index contributed by atoms with van der Waals surface area (Å²) in [5.74, 6) is 0. The summed E-state index contributed by atoms with van der Waals surface area (Å²) in [6, 6.07) is 10.0. The molecule has 2 aromatic carbocycles. The van der Waals surface area contributed by atoms with Crippen LogP contribution in [0.15, 0.2) is 47.4 Å². The van der Waals surface area contributed by atoms with Crippen molar-refractivity contribution in [2.45, 2.75) is 49.3 Å². The van der Waals surface area contributed by atoms with E-state index in [1.54, 1.807) is 24.3 Å². The third kappa shape index (κ3) is 4.66. The number of aliphatic hydroxyl groups is 1. The molecule has 0 atom stereocenters. The van der Waals surface area contributed by atoms with Gasteiger partial charge in [-0.1, -0.05) is 43.1 Å². The molecule has 2 aromatic rings. The maximum absolute atomic E-state index is 13.1. The third-order valence-electron chi connectivity index (χ3n) is 5.46. The van der Waals surface area contributed by atoms with Crippen molar-refractivity contribution in [3.8, 4) is 0 Å². The Morgan fingerprint density at radius 1 is 1.10 bits per heavy atom. The molecule has 0 bridgehead atoms. The zero-order chi connectivity index (χ0) is 22.2. The van der Waals surface area contributed by atoms with Crippen molar-refractivity contribution in [2.75, 3.05) is 13.1 Å². The molecule has 164 valence electrons. The number of alkyl halides is 3. The second kappa shape index (κ2) is 8.49. The monoisotopic (exact) mass is 461 g/mol. The van der Waals surface area contributed by atoms with Crippen LogP contribution >= 0.6 is 11.6 Å². The highest BCUT2D eigenvalue weighted by atomic mass is 35.5. The van der Waals surface area contributed by atoms with Gasteiger partial charge in [0.25, 0.3) is 0 Å². The Morgan fingerprint density at radius 3 is 2.23 bits per heavy atom. The fourth-order valence-corrected chi connectivity index (χ4v) is 5.35. The normalized spacial score (nSPS) is 17.8. The highest BCUT2D eigenvalue weighted by molar-refractivity contribution is 7.89. The molecule has 0 aliphatic carbocycles. The minimum atomic E-state index is -4.64. The third-order valence-corrected chi connectivity index (χ3v) is 7.70. The number of rotatable bonds is 5. The zero-order valence-electron chi connectivity index (χ0n) is 16.4. The number of benzene rings is 2. The minimum Gasteiger partial charge on any atom is -0.385 e. The quantitative estimate of drug-likeness (QED) is 0.683. The highest BCUT2D eigenvalue weighted by Crippen LogP contribution is 2.40. The van der Waals surface area contributed by atoms with E-state index >= 15 is 0 Å². The van der Waals surface area contributed by atoms with Gasteiger partial charge in [-0.25, -0.2) is 8.42 Å². The van der Waals surface area contributed by atoms with Crippen LogP contribution < -0.4 is 0 Å². The van der Waals surface area contributed by atoms with E-state index in [4.69, 9.17) is 11.6 Å². The molecule has 0 spiro atoms. The summed E-state index contributed by atoms with van der Waals surface area (Å²) < 4.78 is 66.5. The van der Waals surface area contributed by atoms with Gasteiger partial charge in [0.05, 0.1) is 21.1 Å². The summed E-state index contributed by atoms with van der Waals surface area (Å²) >= 11 is 5.66. The summed E-state index contributed by atoms with van der Waals surface area (Å²) in [5, 5.41) is 10.5. The van der Waals surface area contributed by atoms with Crippen molar-refractivity contribution in [2.24, 2.45) is 0 Å². The lowest BCUT2D eigenvalue weighted by Crippen LogP contribution is -2.45. The molecule has 0 unspecified atom stereocenters. The minimum absolute atomic E-state index is 0.000474. The van der Waals surface area contributed by atoms with Crippen molar-refractivity contribution in [3.05, 3.63) is 64.2 Å². The van der Waals surface area contributed by atoms with Crippen LogP contribution in [-0.2, 0) is 28.2 Å². The molecule has 1 aliphatic rings. The predicted molar refractivity (Wildman–Crippen MR) is 109 cm³/mol. The summed E-state index contributed by atoms with van der Waals surface area (Å²) in [4.78, 5) is 0.165. The summed E-state index contributed by atoms with van der Waals surface area (Å²) in [7, 11) is -3.74. The molecule has 0 aromatic heterocycles. The van der Waals surface area contributed by atoms with Gasteiger partial charge in [-0.05, 0) is 54.7 Å². The van der Waals surface area contributed by atoms with E-state index in [1.165, 1.54) is 10.4 Å². The van der Waals surface area contributed by atoms with E-state index in [0.29, 0.717) is 0 Å². The van der Waals surface area contributed by atoms with Crippen LogP contribution in [0.5, 0.6) is 0 Å². The average molecular weight is 462 g/mol. The van der Waals surface area contributed by atoms with Crippen molar-refractivity contribution in [3.63, 3.8) is 0 Å². The maximum Gasteiger partial charge on any atom is 0.417 e. The topological polar surface area (TPSA) is 57.6 Å². The molecule has 30 heavy (non-hydrogen) atoms. The van der Waals surface area contributed by atoms with Gasteiger partial charge in [-0.15, -0.1) is 0 Å². The van der Waals surface area contributed by atoms with Gasteiger partial charge in [0.1, 0.15) is 0 Å². The largest absolute Gasteiger partial charge is 0.417 e. The molecule has 4 nitrogen and oxygen atoms in total. The fraction of sp³-hybridized carbons (Fsp3) is 0.429. The van der Waals surface area contributed by atoms with Crippen LogP contribution in [0.1, 0.15) is 42.9 Å². The summed E-state index contributed by atoms with van der Waals surface area (Å²) in [6.07, 6.45) is -2.86. The standard InChI is InChI=1S/C21H23ClF3NO3S/c1-2-3-15-4-7-17(8-5-15)30(28,29)26-12-10-20(27,11-13-26)16-6-9-19(22)18(14-16)21(23,24)25/h4-9,14,27H,2-3,10-13H2,1H3. The molecule has 0 radical (unpaired) electrons. The van der Waals surface area contributed by atoms with Crippen LogP contribution in [-0.4, -0.2) is 30.9 Å². The van der Waals surface area contributed by atoms with Gasteiger partial charge in [-0.3, -0.25) is 0 Å². The van der Waals surface area contributed by atoms with E-state index in [1.807, 2.05) is 6.92 Å². The van der Waals surface area contributed by atoms with Crippen LogP contribution in [0.2, 0.25) is 5.02 Å². The van der Waals surface area contributed by atoms with E-state index < -0.39 is 32.4 Å². The van der Waals surface area contributed by atoms with Crippen LogP contribution in [0.4, 0.5) is 13.2 Å². The van der Waals surface area contributed by atoms with Gasteiger partial charge in [0.15, 0.2) is 0 Å². The number of piperidine rings is 1. The van der Waals surface area contributed by atoms with E-state index in [9.17, 15) is 26.7 Å². The van der Waals surface area contributed by atoms with E-state index in [2.05, 4.69) is 0 Å². The molecule has 0 amide bonds. The first-order chi connectivity index (χ1) is 14.0. The first-order valence-corrected chi connectivity index (χ1v) is 11.5. The molecular formula is C21H23ClF3NO3S. The van der Waals surface area contributed by atoms with Crippen molar-refractivity contribution >= 4 is 21.6 Å². The van der Waals surface area contributed by atoms with E-state index in [0.717, 1.165) is 30.5 Å². The molecule has 1 saturated heterocycles. The summed E-state index contributed by atoms with van der Waals surface area (Å²) in [6.45, 7) is 2.04. The van der Waals surface area contributed by atoms with Crippen LogP contribution in [0.3, 0.4) is 0 Å². The fourth-order valence-electron chi connectivity index (χ4n) is 3.68. The second-order valence-electron chi connectivity index (χ2n) is 7.52. The molecule has 9 heteroatoms. The Balaban J connectivity index is 1.78. The number of hydrogen-bond acceptors (Lipinski definition) is 3. The van der Waals surface area contributed by atoms with Crippen LogP contribution in [0, 0.1) is 0 Å². The summed E-state index contributed by atoms with van der Waals surface area (Å²) in [5.41, 5.74) is -1.44. The molecule has 1 N–H and O–H groups in total. The lowest BCUT2D eigenvalue weighted by Gasteiger charge is -2.38. The highest BCUT2D eigenvalue weighted by Gasteiger charge is 2.40. The first kappa shape index (κ1) is 23.1. The smallest absolute Gasteiger partial charge is 0.385 e. The van der Waals surface area contributed by atoms with Gasteiger partial charge >= 0.3 is 6.18 Å². The lowest BCUT2D eigenvalue weighted by atomic mass is 9.84. The Morgan fingerprint density at radius 2 is 1.70 bits per heavy atom. The molecule has 3 rings (SSSR count).